The Bertz CT molecular complexity index is 1160. The molecular weight excluding hydrogens is 464 g/mol. The van der Waals surface area contributed by atoms with Gasteiger partial charge in [-0.05, 0) is 50.7 Å². The quantitative estimate of drug-likeness (QED) is 0.349. The number of methoxy groups -OCH3 is 1. The number of fused-ring (bicyclic) bond motifs is 1. The zero-order valence-corrected chi connectivity index (χ0v) is 21.1. The number of carbonyl (C=O) groups is 2. The van der Waals surface area contributed by atoms with Crippen LogP contribution in [0.2, 0.25) is 0 Å². The van der Waals surface area contributed by atoms with Gasteiger partial charge in [-0.15, -0.1) is 32.9 Å². The van der Waals surface area contributed by atoms with Crippen molar-refractivity contribution >= 4 is 51.3 Å². The average Bonchev–Trinajstić information content (AvgIpc) is 3.52. The first-order chi connectivity index (χ1) is 15.4. The van der Waals surface area contributed by atoms with Crippen LogP contribution in [-0.4, -0.2) is 39.5 Å². The van der Waals surface area contributed by atoms with Gasteiger partial charge >= 0.3 is 5.97 Å². The zero-order valence-electron chi connectivity index (χ0n) is 18.6. The summed E-state index contributed by atoms with van der Waals surface area (Å²) in [5.41, 5.74) is 3.86. The van der Waals surface area contributed by atoms with Crippen molar-refractivity contribution in [2.45, 2.75) is 58.2 Å². The van der Waals surface area contributed by atoms with Gasteiger partial charge in [0.25, 0.3) is 0 Å². The van der Waals surface area contributed by atoms with Crippen LogP contribution in [0.25, 0.3) is 11.4 Å². The molecule has 0 saturated carbocycles. The Balaban J connectivity index is 1.50. The van der Waals surface area contributed by atoms with Gasteiger partial charge in [0.15, 0.2) is 11.0 Å². The summed E-state index contributed by atoms with van der Waals surface area (Å²) in [6, 6.07) is 0. The van der Waals surface area contributed by atoms with Gasteiger partial charge in [-0.1, -0.05) is 18.7 Å². The van der Waals surface area contributed by atoms with Crippen LogP contribution < -0.4 is 5.32 Å². The largest absolute Gasteiger partial charge is 0.465 e. The number of rotatable bonds is 8. The van der Waals surface area contributed by atoms with Gasteiger partial charge in [-0.3, -0.25) is 4.79 Å². The topological polar surface area (TPSA) is 86.1 Å². The normalized spacial score (nSPS) is 12.8. The molecule has 10 heteroatoms. The van der Waals surface area contributed by atoms with Crippen LogP contribution in [0.1, 0.15) is 51.0 Å². The molecule has 0 aromatic carbocycles. The summed E-state index contributed by atoms with van der Waals surface area (Å²) in [6.07, 6.45) is 3.77. The van der Waals surface area contributed by atoms with Gasteiger partial charge in [0.05, 0.1) is 18.4 Å². The van der Waals surface area contributed by atoms with Crippen LogP contribution in [0.4, 0.5) is 5.00 Å². The molecule has 0 aliphatic heterocycles. The van der Waals surface area contributed by atoms with Crippen LogP contribution in [0.3, 0.4) is 0 Å². The molecule has 0 saturated heterocycles. The van der Waals surface area contributed by atoms with E-state index >= 15 is 0 Å². The first-order valence-electron chi connectivity index (χ1n) is 10.6. The molecule has 1 N–H and O–H groups in total. The van der Waals surface area contributed by atoms with Crippen LogP contribution in [-0.2, 0) is 28.9 Å². The number of aromatic nitrogens is 3. The predicted octanol–water partition coefficient (Wildman–Crippen LogP) is 5.10. The van der Waals surface area contributed by atoms with E-state index in [4.69, 9.17) is 4.74 Å². The minimum Gasteiger partial charge on any atom is -0.465 e. The van der Waals surface area contributed by atoms with Gasteiger partial charge in [0, 0.05) is 27.2 Å². The monoisotopic (exact) mass is 490 g/mol. The third-order valence-electron chi connectivity index (χ3n) is 5.59. The first kappa shape index (κ1) is 23.0. The number of ether oxygens (including phenoxy) is 1. The summed E-state index contributed by atoms with van der Waals surface area (Å²) >= 11 is 4.56. The summed E-state index contributed by atoms with van der Waals surface area (Å²) < 4.78 is 7.05. The highest BCUT2D eigenvalue weighted by Gasteiger charge is 2.28. The Morgan fingerprint density at radius 3 is 2.78 bits per heavy atom. The van der Waals surface area contributed by atoms with Gasteiger partial charge in [0.2, 0.25) is 5.91 Å². The average molecular weight is 491 g/mol. The predicted molar refractivity (Wildman–Crippen MR) is 130 cm³/mol. The van der Waals surface area contributed by atoms with Crippen molar-refractivity contribution in [3.05, 3.63) is 31.8 Å². The van der Waals surface area contributed by atoms with E-state index in [-0.39, 0.29) is 17.6 Å². The lowest BCUT2D eigenvalue weighted by Gasteiger charge is -2.09. The van der Waals surface area contributed by atoms with E-state index in [1.807, 2.05) is 0 Å². The molecule has 170 valence electrons. The number of carbonyl (C=O) groups excluding carboxylic acids is 2. The summed E-state index contributed by atoms with van der Waals surface area (Å²) in [6.45, 7) is 7.10. The molecule has 0 radical (unpaired) electrons. The summed E-state index contributed by atoms with van der Waals surface area (Å²) in [4.78, 5) is 27.5. The number of esters is 1. The second-order valence-electron chi connectivity index (χ2n) is 7.68. The lowest BCUT2D eigenvalue weighted by molar-refractivity contribution is -0.113. The molecular formula is C22H26N4O3S3. The van der Waals surface area contributed by atoms with Crippen molar-refractivity contribution in [2.75, 3.05) is 18.2 Å². The number of thiophene rings is 2. The number of hydrogen-bond acceptors (Lipinski definition) is 8. The van der Waals surface area contributed by atoms with E-state index in [1.54, 1.807) is 11.3 Å². The van der Waals surface area contributed by atoms with Gasteiger partial charge in [-0.2, -0.15) is 0 Å². The lowest BCUT2D eigenvalue weighted by atomic mass is 10.1. The minimum absolute atomic E-state index is 0.171. The Morgan fingerprint density at radius 2 is 2.09 bits per heavy atom. The van der Waals surface area contributed by atoms with Crippen molar-refractivity contribution < 1.29 is 14.3 Å². The fourth-order valence-corrected chi connectivity index (χ4v) is 6.78. The molecule has 1 aliphatic carbocycles. The first-order valence-corrected chi connectivity index (χ1v) is 13.3. The van der Waals surface area contributed by atoms with E-state index in [0.29, 0.717) is 10.6 Å². The van der Waals surface area contributed by atoms with Crippen LogP contribution >= 0.6 is 34.4 Å². The Hall–Kier alpha value is -2.17. The number of aryl methyl sites for hydroxylation is 2. The van der Waals surface area contributed by atoms with Crippen LogP contribution in [0.5, 0.6) is 0 Å². The maximum absolute atomic E-state index is 12.7. The smallest absolute Gasteiger partial charge is 0.341 e. The van der Waals surface area contributed by atoms with Crippen molar-refractivity contribution in [2.24, 2.45) is 0 Å². The Morgan fingerprint density at radius 1 is 1.28 bits per heavy atom. The maximum atomic E-state index is 12.7. The van der Waals surface area contributed by atoms with Crippen LogP contribution in [0.15, 0.2) is 10.5 Å². The number of amides is 1. The van der Waals surface area contributed by atoms with Crippen molar-refractivity contribution in [1.82, 2.24) is 14.8 Å². The van der Waals surface area contributed by atoms with Gasteiger partial charge in [-0.25, -0.2) is 4.79 Å². The van der Waals surface area contributed by atoms with Crippen LogP contribution in [0, 0.1) is 13.8 Å². The third kappa shape index (κ3) is 4.35. The number of anilines is 1. The fraction of sp³-hybridized carbons (Fsp3) is 0.455. The van der Waals surface area contributed by atoms with Crippen molar-refractivity contribution in [1.29, 1.82) is 0 Å². The van der Waals surface area contributed by atoms with E-state index < -0.39 is 0 Å². The van der Waals surface area contributed by atoms with Gasteiger partial charge in [0.1, 0.15) is 5.00 Å². The maximum Gasteiger partial charge on any atom is 0.341 e. The highest BCUT2D eigenvalue weighted by molar-refractivity contribution is 7.99. The summed E-state index contributed by atoms with van der Waals surface area (Å²) in [7, 11) is 1.37. The molecule has 4 rings (SSSR count). The molecule has 7 nitrogen and oxygen atoms in total. The highest BCUT2D eigenvalue weighted by Crippen LogP contribution is 2.39. The molecule has 3 heterocycles. The molecule has 3 aromatic heterocycles. The third-order valence-corrected chi connectivity index (χ3v) is 8.77. The second kappa shape index (κ2) is 9.76. The number of hydrogen-bond donors (Lipinski definition) is 1. The van der Waals surface area contributed by atoms with E-state index in [0.717, 1.165) is 54.3 Å². The number of nitrogens with zero attached hydrogens (tertiary/aromatic N) is 3. The Labute approximate surface area is 199 Å². The number of thioether (sulfide) groups is 1. The molecule has 0 fully saturated rings. The standard InChI is InChI=1S/C22H26N4O3S3/c1-5-9-26-19(15-10-30-13(3)12(15)2)24-25-22(26)31-11-17(27)23-20-18(21(28)29-4)14-7-6-8-16(14)32-20/h10H,5-9,11H2,1-4H3,(H,23,27). The SMILES string of the molecule is CCCn1c(SCC(=O)Nc2sc3c(c2C(=O)OC)CCC3)nnc1-c1csc(C)c1C. The molecule has 1 amide bonds. The van der Waals surface area contributed by atoms with Crippen molar-refractivity contribution in [3.63, 3.8) is 0 Å². The molecule has 0 spiro atoms. The minimum atomic E-state index is -0.388. The highest BCUT2D eigenvalue weighted by atomic mass is 32.2. The molecule has 0 atom stereocenters. The van der Waals surface area contributed by atoms with E-state index in [9.17, 15) is 9.59 Å². The molecule has 0 unspecified atom stereocenters. The van der Waals surface area contributed by atoms with E-state index in [1.165, 1.54) is 45.5 Å². The Kier molecular flexibility index (Phi) is 7.02. The summed E-state index contributed by atoms with van der Waals surface area (Å²) in [5.74, 6) is 0.475. The fourth-order valence-electron chi connectivity index (χ4n) is 3.86. The lowest BCUT2D eigenvalue weighted by Crippen LogP contribution is -2.16. The zero-order chi connectivity index (χ0) is 22.8. The molecule has 1 aliphatic rings. The summed E-state index contributed by atoms with van der Waals surface area (Å²) in [5, 5.41) is 15.2. The van der Waals surface area contributed by atoms with Gasteiger partial charge < -0.3 is 14.6 Å². The molecule has 32 heavy (non-hydrogen) atoms. The number of nitrogens with one attached hydrogen (secondary N) is 1. The molecule has 3 aromatic rings. The second-order valence-corrected chi connectivity index (χ2v) is 10.8. The van der Waals surface area contributed by atoms with E-state index in [2.05, 4.69) is 46.2 Å². The molecule has 0 bridgehead atoms. The van der Waals surface area contributed by atoms with Crippen molar-refractivity contribution in [3.8, 4) is 11.4 Å².